The highest BCUT2D eigenvalue weighted by Gasteiger charge is 2.14. The number of para-hydroxylation sites is 1. The van der Waals surface area contributed by atoms with Crippen molar-refractivity contribution in [2.24, 2.45) is 0 Å². The van der Waals surface area contributed by atoms with Crippen LogP contribution in [0.25, 0.3) is 10.9 Å². The van der Waals surface area contributed by atoms with Crippen molar-refractivity contribution in [2.45, 2.75) is 32.9 Å². The number of hydrogen-bond donors (Lipinski definition) is 1. The molecule has 0 unspecified atom stereocenters. The van der Waals surface area contributed by atoms with Crippen molar-refractivity contribution in [3.63, 3.8) is 0 Å². The lowest BCUT2D eigenvalue weighted by atomic mass is 10.2. The molecule has 1 heterocycles. The number of benzene rings is 1. The zero-order chi connectivity index (χ0) is 13.1. The Morgan fingerprint density at radius 1 is 1.39 bits per heavy atom. The number of aromatic nitrogens is 2. The Kier molecular flexibility index (Phi) is 3.77. The van der Waals surface area contributed by atoms with E-state index in [-0.39, 0.29) is 11.6 Å². The van der Waals surface area contributed by atoms with Gasteiger partial charge in [-0.05, 0) is 32.5 Å². The molecule has 0 fully saturated rings. The van der Waals surface area contributed by atoms with E-state index in [1.807, 2.05) is 38.2 Å². The fourth-order valence-electron chi connectivity index (χ4n) is 2.08. The number of rotatable bonds is 4. The van der Waals surface area contributed by atoms with Gasteiger partial charge in [0.15, 0.2) is 0 Å². The number of nitrogens with one attached hydrogen (secondary N) is 1. The van der Waals surface area contributed by atoms with Crippen molar-refractivity contribution < 1.29 is 0 Å². The molecule has 2 rings (SSSR count). The Hall–Kier alpha value is -1.68. The van der Waals surface area contributed by atoms with Crippen molar-refractivity contribution in [1.82, 2.24) is 14.9 Å². The van der Waals surface area contributed by atoms with E-state index in [9.17, 15) is 4.79 Å². The molecule has 0 radical (unpaired) electrons. The Labute approximate surface area is 107 Å². The molecule has 1 atom stereocenters. The van der Waals surface area contributed by atoms with Crippen molar-refractivity contribution >= 4 is 10.9 Å². The smallest absolute Gasteiger partial charge is 0.261 e. The van der Waals surface area contributed by atoms with Crippen LogP contribution in [0.2, 0.25) is 0 Å². The Morgan fingerprint density at radius 3 is 2.78 bits per heavy atom. The van der Waals surface area contributed by atoms with Crippen molar-refractivity contribution in [3.05, 3.63) is 40.4 Å². The quantitative estimate of drug-likeness (QED) is 0.897. The second-order valence-electron chi connectivity index (χ2n) is 4.45. The molecule has 0 aliphatic heterocycles. The van der Waals surface area contributed by atoms with Gasteiger partial charge in [-0.15, -0.1) is 0 Å². The van der Waals surface area contributed by atoms with Gasteiger partial charge in [0, 0.05) is 6.54 Å². The molecule has 0 aliphatic rings. The van der Waals surface area contributed by atoms with Gasteiger partial charge >= 0.3 is 0 Å². The summed E-state index contributed by atoms with van der Waals surface area (Å²) in [6, 6.07) is 7.58. The average Bonchev–Trinajstić information content (AvgIpc) is 2.41. The first-order chi connectivity index (χ1) is 8.69. The molecule has 1 N–H and O–H groups in total. The molecule has 0 aliphatic carbocycles. The minimum Gasteiger partial charge on any atom is -0.311 e. The maximum Gasteiger partial charge on any atom is 0.261 e. The summed E-state index contributed by atoms with van der Waals surface area (Å²) in [6.45, 7) is 4.79. The summed E-state index contributed by atoms with van der Waals surface area (Å²) < 4.78 is 1.78. The summed E-state index contributed by atoms with van der Waals surface area (Å²) in [7, 11) is 1.88. The minimum absolute atomic E-state index is 0.0551. The van der Waals surface area contributed by atoms with Crippen LogP contribution in [0, 0.1) is 0 Å². The van der Waals surface area contributed by atoms with E-state index in [4.69, 9.17) is 0 Å². The third-order valence-corrected chi connectivity index (χ3v) is 3.16. The van der Waals surface area contributed by atoms with E-state index < -0.39 is 0 Å². The van der Waals surface area contributed by atoms with Crippen LogP contribution in [-0.2, 0) is 6.54 Å². The van der Waals surface area contributed by atoms with Gasteiger partial charge in [-0.3, -0.25) is 9.36 Å². The molecule has 0 saturated carbocycles. The fourth-order valence-corrected chi connectivity index (χ4v) is 2.08. The highest BCUT2D eigenvalue weighted by atomic mass is 16.1. The van der Waals surface area contributed by atoms with Gasteiger partial charge < -0.3 is 5.32 Å². The summed E-state index contributed by atoms with van der Waals surface area (Å²) in [5.74, 6) is 0.808. The summed E-state index contributed by atoms with van der Waals surface area (Å²) in [6.07, 6.45) is 0.920. The summed E-state index contributed by atoms with van der Waals surface area (Å²) in [5, 5.41) is 3.84. The predicted molar refractivity (Wildman–Crippen MR) is 73.8 cm³/mol. The van der Waals surface area contributed by atoms with Gasteiger partial charge in [0.2, 0.25) is 0 Å². The first-order valence-electron chi connectivity index (χ1n) is 6.35. The van der Waals surface area contributed by atoms with Crippen LogP contribution in [0.5, 0.6) is 0 Å². The molecule has 1 aromatic carbocycles. The molecule has 4 heteroatoms. The Morgan fingerprint density at radius 2 is 2.11 bits per heavy atom. The average molecular weight is 245 g/mol. The molecule has 4 nitrogen and oxygen atoms in total. The van der Waals surface area contributed by atoms with Crippen LogP contribution in [0.3, 0.4) is 0 Å². The van der Waals surface area contributed by atoms with Crippen LogP contribution in [0.4, 0.5) is 0 Å². The summed E-state index contributed by atoms with van der Waals surface area (Å²) in [4.78, 5) is 17.1. The monoisotopic (exact) mass is 245 g/mol. The molecule has 0 bridgehead atoms. The summed E-state index contributed by atoms with van der Waals surface area (Å²) >= 11 is 0. The van der Waals surface area contributed by atoms with Crippen molar-refractivity contribution in [3.8, 4) is 0 Å². The van der Waals surface area contributed by atoms with Gasteiger partial charge in [-0.1, -0.05) is 19.1 Å². The standard InChI is InChI=1S/C14H19N3O/c1-4-9-17-13(10(2)15-3)16-12-8-6-5-7-11(12)14(17)18/h5-8,10,15H,4,9H2,1-3H3/t10-/m0/s1. The highest BCUT2D eigenvalue weighted by Crippen LogP contribution is 2.13. The zero-order valence-electron chi connectivity index (χ0n) is 11.1. The molecule has 2 aromatic rings. The Bertz CT molecular complexity index is 604. The molecule has 0 spiro atoms. The van der Waals surface area contributed by atoms with E-state index in [0.29, 0.717) is 11.9 Å². The maximum absolute atomic E-state index is 12.5. The van der Waals surface area contributed by atoms with Crippen LogP contribution in [0.1, 0.15) is 32.1 Å². The first kappa shape index (κ1) is 12.8. The molecule has 96 valence electrons. The minimum atomic E-state index is 0.0551. The number of hydrogen-bond acceptors (Lipinski definition) is 3. The topological polar surface area (TPSA) is 46.9 Å². The third-order valence-electron chi connectivity index (χ3n) is 3.16. The number of nitrogens with zero attached hydrogens (tertiary/aromatic N) is 2. The Balaban J connectivity index is 2.74. The fraction of sp³-hybridized carbons (Fsp3) is 0.429. The van der Waals surface area contributed by atoms with Crippen molar-refractivity contribution in [2.75, 3.05) is 7.05 Å². The van der Waals surface area contributed by atoms with Gasteiger partial charge in [0.25, 0.3) is 5.56 Å². The lowest BCUT2D eigenvalue weighted by Gasteiger charge is -2.17. The van der Waals surface area contributed by atoms with Gasteiger partial charge in [-0.25, -0.2) is 4.98 Å². The van der Waals surface area contributed by atoms with Crippen LogP contribution in [0.15, 0.2) is 29.1 Å². The van der Waals surface area contributed by atoms with E-state index in [1.54, 1.807) is 4.57 Å². The summed E-state index contributed by atoms with van der Waals surface area (Å²) in [5.41, 5.74) is 0.825. The molecular weight excluding hydrogens is 226 g/mol. The largest absolute Gasteiger partial charge is 0.311 e. The second kappa shape index (κ2) is 5.31. The van der Waals surface area contributed by atoms with Crippen LogP contribution in [-0.4, -0.2) is 16.6 Å². The van der Waals surface area contributed by atoms with Crippen LogP contribution >= 0.6 is 0 Å². The predicted octanol–water partition coefficient (Wildman–Crippen LogP) is 2.09. The molecule has 1 aromatic heterocycles. The maximum atomic E-state index is 12.5. The lowest BCUT2D eigenvalue weighted by molar-refractivity contribution is 0.526. The van der Waals surface area contributed by atoms with E-state index in [2.05, 4.69) is 17.2 Å². The molecule has 18 heavy (non-hydrogen) atoms. The van der Waals surface area contributed by atoms with Crippen molar-refractivity contribution in [1.29, 1.82) is 0 Å². The van der Waals surface area contributed by atoms with Crippen LogP contribution < -0.4 is 10.9 Å². The molecular formula is C14H19N3O. The highest BCUT2D eigenvalue weighted by molar-refractivity contribution is 5.77. The lowest BCUT2D eigenvalue weighted by Crippen LogP contribution is -2.29. The van der Waals surface area contributed by atoms with E-state index in [1.165, 1.54) is 0 Å². The van der Waals surface area contributed by atoms with E-state index in [0.717, 1.165) is 17.8 Å². The SMILES string of the molecule is CCCn1c([C@H](C)NC)nc2ccccc2c1=O. The van der Waals surface area contributed by atoms with Gasteiger partial charge in [0.05, 0.1) is 16.9 Å². The van der Waals surface area contributed by atoms with E-state index >= 15 is 0 Å². The third kappa shape index (κ3) is 2.16. The molecule has 0 saturated heterocycles. The zero-order valence-corrected chi connectivity index (χ0v) is 11.1. The van der Waals surface area contributed by atoms with Gasteiger partial charge in [0.1, 0.15) is 5.82 Å². The second-order valence-corrected chi connectivity index (χ2v) is 4.45. The first-order valence-corrected chi connectivity index (χ1v) is 6.35. The number of fused-ring (bicyclic) bond motifs is 1. The normalized spacial score (nSPS) is 12.8. The molecule has 0 amide bonds. The van der Waals surface area contributed by atoms with Gasteiger partial charge in [-0.2, -0.15) is 0 Å².